The van der Waals surface area contributed by atoms with Gasteiger partial charge in [-0.05, 0) is 54.6 Å². The minimum Gasteiger partial charge on any atom is -0.423 e. The number of rotatable bonds is 4. The fourth-order valence-electron chi connectivity index (χ4n) is 2.55. The molecule has 0 radical (unpaired) electrons. The summed E-state index contributed by atoms with van der Waals surface area (Å²) in [4.78, 5) is 12.4. The van der Waals surface area contributed by atoms with Crippen molar-refractivity contribution in [2.24, 2.45) is 0 Å². The van der Waals surface area contributed by atoms with E-state index in [1.54, 1.807) is 65.5 Å². The lowest BCUT2D eigenvalue weighted by Crippen LogP contribution is -2.12. The number of halogens is 1. The first-order chi connectivity index (χ1) is 12.7. The van der Waals surface area contributed by atoms with Gasteiger partial charge in [-0.1, -0.05) is 0 Å². The zero-order valence-electron chi connectivity index (χ0n) is 13.5. The number of carbonyl (C=O) groups excluding carboxylic acids is 1. The molecule has 6 nitrogen and oxygen atoms in total. The Morgan fingerprint density at radius 2 is 1.85 bits per heavy atom. The summed E-state index contributed by atoms with van der Waals surface area (Å²) in [7, 11) is 0. The molecular weight excluding hydrogens is 335 g/mol. The van der Waals surface area contributed by atoms with Crippen molar-refractivity contribution in [2.75, 3.05) is 5.32 Å². The molecule has 2 aromatic heterocycles. The summed E-state index contributed by atoms with van der Waals surface area (Å²) in [5, 5.41) is 10.2. The van der Waals surface area contributed by atoms with Crippen molar-refractivity contribution in [1.82, 2.24) is 14.8 Å². The lowest BCUT2D eigenvalue weighted by atomic mass is 10.1. The van der Waals surface area contributed by atoms with Gasteiger partial charge in [-0.25, -0.2) is 4.39 Å². The molecule has 26 heavy (non-hydrogen) atoms. The Kier molecular flexibility index (Phi) is 4.03. The van der Waals surface area contributed by atoms with Crippen LogP contribution in [-0.4, -0.2) is 20.7 Å². The Bertz CT molecular complexity index is 1030. The van der Waals surface area contributed by atoms with Crippen LogP contribution < -0.4 is 5.32 Å². The van der Waals surface area contributed by atoms with E-state index in [4.69, 9.17) is 4.42 Å². The second-order valence-corrected chi connectivity index (χ2v) is 5.53. The van der Waals surface area contributed by atoms with Gasteiger partial charge in [0.2, 0.25) is 12.3 Å². The summed E-state index contributed by atoms with van der Waals surface area (Å²) in [6, 6.07) is 14.9. The van der Waals surface area contributed by atoms with Crippen molar-refractivity contribution >= 4 is 11.6 Å². The third-order valence-electron chi connectivity index (χ3n) is 3.84. The predicted octanol–water partition coefficient (Wildman–Crippen LogP) is 3.92. The molecule has 0 unspecified atom stereocenters. The van der Waals surface area contributed by atoms with E-state index >= 15 is 0 Å². The summed E-state index contributed by atoms with van der Waals surface area (Å²) in [5.41, 5.74) is 1.94. The molecule has 1 N–H and O–H groups in total. The standard InChI is InChI=1S/C19H13FN4O2/c20-16-11-14(5-8-17(16)24-9-1-2-10-24)18(25)22-15-6-3-13(4-7-15)19-23-21-12-26-19/h1-12H,(H,22,25). The van der Waals surface area contributed by atoms with Crippen molar-refractivity contribution in [3.63, 3.8) is 0 Å². The quantitative estimate of drug-likeness (QED) is 0.607. The zero-order chi connectivity index (χ0) is 17.9. The van der Waals surface area contributed by atoms with Crippen molar-refractivity contribution in [2.45, 2.75) is 0 Å². The highest BCUT2D eigenvalue weighted by Gasteiger charge is 2.11. The number of nitrogens with one attached hydrogen (secondary N) is 1. The molecule has 2 heterocycles. The van der Waals surface area contributed by atoms with E-state index in [1.165, 1.54) is 12.5 Å². The van der Waals surface area contributed by atoms with E-state index in [-0.39, 0.29) is 5.56 Å². The van der Waals surface area contributed by atoms with Crippen molar-refractivity contribution < 1.29 is 13.6 Å². The fourth-order valence-corrected chi connectivity index (χ4v) is 2.55. The monoisotopic (exact) mass is 348 g/mol. The third-order valence-corrected chi connectivity index (χ3v) is 3.84. The average Bonchev–Trinajstić information content (AvgIpc) is 3.36. The predicted molar refractivity (Wildman–Crippen MR) is 93.4 cm³/mol. The second-order valence-electron chi connectivity index (χ2n) is 5.53. The number of hydrogen-bond donors (Lipinski definition) is 1. The summed E-state index contributed by atoms with van der Waals surface area (Å²) in [6.07, 6.45) is 4.73. The van der Waals surface area contributed by atoms with Crippen LogP contribution in [0.25, 0.3) is 17.1 Å². The minimum atomic E-state index is -0.472. The molecule has 2 aromatic carbocycles. The molecule has 7 heteroatoms. The molecule has 0 aliphatic carbocycles. The maximum atomic E-state index is 14.3. The maximum absolute atomic E-state index is 14.3. The van der Waals surface area contributed by atoms with Gasteiger partial charge in [0, 0.05) is 29.2 Å². The van der Waals surface area contributed by atoms with Crippen molar-refractivity contribution in [1.29, 1.82) is 0 Å². The van der Waals surface area contributed by atoms with Crippen molar-refractivity contribution in [3.8, 4) is 17.1 Å². The maximum Gasteiger partial charge on any atom is 0.255 e. The Labute approximate surface area is 147 Å². The molecule has 4 aromatic rings. The summed E-state index contributed by atoms with van der Waals surface area (Å²) in [5.74, 6) is -0.473. The highest BCUT2D eigenvalue weighted by atomic mass is 19.1. The normalized spacial score (nSPS) is 10.7. The van der Waals surface area contributed by atoms with E-state index in [0.29, 0.717) is 17.3 Å². The van der Waals surface area contributed by atoms with Gasteiger partial charge >= 0.3 is 0 Å². The molecule has 0 atom stereocenters. The number of carbonyl (C=O) groups is 1. The summed E-state index contributed by atoms with van der Waals surface area (Å²) < 4.78 is 21.1. The second kappa shape index (κ2) is 6.64. The van der Waals surface area contributed by atoms with Crippen LogP contribution in [0.5, 0.6) is 0 Å². The number of amides is 1. The Morgan fingerprint density at radius 3 is 2.50 bits per heavy atom. The Morgan fingerprint density at radius 1 is 1.08 bits per heavy atom. The van der Waals surface area contributed by atoms with Crippen LogP contribution in [-0.2, 0) is 0 Å². The highest BCUT2D eigenvalue weighted by Crippen LogP contribution is 2.20. The lowest BCUT2D eigenvalue weighted by Gasteiger charge is -2.08. The number of nitrogens with zero attached hydrogens (tertiary/aromatic N) is 3. The first-order valence-electron chi connectivity index (χ1n) is 7.81. The number of aromatic nitrogens is 3. The molecule has 0 fully saturated rings. The van der Waals surface area contributed by atoms with E-state index in [0.717, 1.165) is 5.56 Å². The number of hydrogen-bond acceptors (Lipinski definition) is 4. The molecule has 0 bridgehead atoms. The molecule has 0 aliphatic heterocycles. The van der Waals surface area contributed by atoms with Gasteiger partial charge in [0.25, 0.3) is 5.91 Å². The summed E-state index contributed by atoms with van der Waals surface area (Å²) >= 11 is 0. The molecule has 0 aliphatic rings. The van der Waals surface area contributed by atoms with Gasteiger partial charge in [-0.3, -0.25) is 4.79 Å². The molecule has 128 valence electrons. The zero-order valence-corrected chi connectivity index (χ0v) is 13.5. The van der Waals surface area contributed by atoms with Gasteiger partial charge in [0.1, 0.15) is 5.82 Å². The minimum absolute atomic E-state index is 0.236. The Balaban J connectivity index is 1.50. The molecule has 0 saturated heterocycles. The van der Waals surface area contributed by atoms with E-state index in [9.17, 15) is 9.18 Å². The molecule has 1 amide bonds. The fraction of sp³-hybridized carbons (Fsp3) is 0. The van der Waals surface area contributed by atoms with Gasteiger partial charge in [0.05, 0.1) is 5.69 Å². The van der Waals surface area contributed by atoms with Crippen molar-refractivity contribution in [3.05, 3.63) is 84.8 Å². The summed E-state index contributed by atoms with van der Waals surface area (Å²) in [6.45, 7) is 0. The highest BCUT2D eigenvalue weighted by molar-refractivity contribution is 6.04. The van der Waals surface area contributed by atoms with Crippen LogP contribution in [0.2, 0.25) is 0 Å². The smallest absolute Gasteiger partial charge is 0.255 e. The van der Waals surface area contributed by atoms with E-state index in [1.807, 2.05) is 0 Å². The average molecular weight is 348 g/mol. The SMILES string of the molecule is O=C(Nc1ccc(-c2nnco2)cc1)c1ccc(-n2cccc2)c(F)c1. The topological polar surface area (TPSA) is 73.0 Å². The molecular formula is C19H13FN4O2. The Hall–Kier alpha value is -3.74. The van der Waals surface area contributed by atoms with E-state index < -0.39 is 11.7 Å². The van der Waals surface area contributed by atoms with Gasteiger partial charge in [0.15, 0.2) is 0 Å². The van der Waals surface area contributed by atoms with Crippen LogP contribution in [0.3, 0.4) is 0 Å². The van der Waals surface area contributed by atoms with Crippen LogP contribution in [0.4, 0.5) is 10.1 Å². The van der Waals surface area contributed by atoms with Gasteiger partial charge < -0.3 is 14.3 Å². The first kappa shape index (κ1) is 15.8. The van der Waals surface area contributed by atoms with Crippen LogP contribution >= 0.6 is 0 Å². The third kappa shape index (κ3) is 3.10. The van der Waals surface area contributed by atoms with Crippen LogP contribution in [0.1, 0.15) is 10.4 Å². The number of benzene rings is 2. The molecule has 0 spiro atoms. The van der Waals surface area contributed by atoms with Gasteiger partial charge in [-0.15, -0.1) is 10.2 Å². The molecule has 4 rings (SSSR count). The molecule has 0 saturated carbocycles. The largest absolute Gasteiger partial charge is 0.423 e. The lowest BCUT2D eigenvalue weighted by molar-refractivity contribution is 0.102. The van der Waals surface area contributed by atoms with Crippen LogP contribution in [0.15, 0.2) is 77.8 Å². The first-order valence-corrected chi connectivity index (χ1v) is 7.81. The van der Waals surface area contributed by atoms with Crippen LogP contribution in [0, 0.1) is 5.82 Å². The number of anilines is 1. The van der Waals surface area contributed by atoms with Gasteiger partial charge in [-0.2, -0.15) is 0 Å². The van der Waals surface area contributed by atoms with E-state index in [2.05, 4.69) is 15.5 Å².